The molecule has 7 nitrogen and oxygen atoms in total. The largest absolute Gasteiger partial charge is 0.573 e. The molecule has 1 N–H and O–H groups in total. The maximum absolute atomic E-state index is 13.1. The number of nitrogens with one attached hydrogen (secondary N) is 1. The van der Waals surface area contributed by atoms with E-state index in [4.69, 9.17) is 0 Å². The molecule has 0 saturated carbocycles. The highest BCUT2D eigenvalue weighted by Crippen LogP contribution is 2.27. The minimum Gasteiger partial charge on any atom is -0.406 e. The Hall–Kier alpha value is -3.82. The van der Waals surface area contributed by atoms with Crippen LogP contribution >= 0.6 is 0 Å². The van der Waals surface area contributed by atoms with E-state index in [9.17, 15) is 27.6 Å². The van der Waals surface area contributed by atoms with Crippen molar-refractivity contribution in [3.8, 4) is 5.75 Å². The summed E-state index contributed by atoms with van der Waals surface area (Å²) in [6, 6.07) is 11.5. The predicted octanol–water partition coefficient (Wildman–Crippen LogP) is 4.37. The van der Waals surface area contributed by atoms with E-state index in [1.54, 1.807) is 12.3 Å². The van der Waals surface area contributed by atoms with Crippen molar-refractivity contribution in [3.63, 3.8) is 0 Å². The average Bonchev–Trinajstić information content (AvgIpc) is 3.38. The number of halogens is 3. The molecule has 1 aliphatic rings. The van der Waals surface area contributed by atoms with Crippen LogP contribution < -0.4 is 10.1 Å². The monoisotopic (exact) mass is 473 g/mol. The summed E-state index contributed by atoms with van der Waals surface area (Å²) in [6.45, 7) is 1.83. The maximum atomic E-state index is 13.1. The second kappa shape index (κ2) is 9.20. The van der Waals surface area contributed by atoms with E-state index < -0.39 is 24.1 Å². The Kier molecular flexibility index (Phi) is 6.32. The molecule has 3 aromatic rings. The molecule has 2 aromatic carbocycles. The topological polar surface area (TPSA) is 80.6 Å². The lowest BCUT2D eigenvalue weighted by molar-refractivity contribution is -0.274. The number of aromatic nitrogens is 1. The van der Waals surface area contributed by atoms with Gasteiger partial charge in [0.05, 0.1) is 11.9 Å². The van der Waals surface area contributed by atoms with Crippen molar-refractivity contribution < 1.29 is 32.3 Å². The fraction of sp³-hybridized carbons (Fsp3) is 0.292. The average molecular weight is 473 g/mol. The number of rotatable bonds is 5. The van der Waals surface area contributed by atoms with Gasteiger partial charge >= 0.3 is 6.36 Å². The summed E-state index contributed by atoms with van der Waals surface area (Å²) < 4.78 is 42.8. The fourth-order valence-electron chi connectivity index (χ4n) is 4.25. The van der Waals surface area contributed by atoms with E-state index in [0.29, 0.717) is 30.5 Å². The van der Waals surface area contributed by atoms with Gasteiger partial charge in [0.1, 0.15) is 11.8 Å². The summed E-state index contributed by atoms with van der Waals surface area (Å²) in [5.41, 5.74) is 1.52. The Morgan fingerprint density at radius 2 is 1.88 bits per heavy atom. The molecule has 1 aromatic heterocycles. The van der Waals surface area contributed by atoms with Gasteiger partial charge in [-0.05, 0) is 36.6 Å². The summed E-state index contributed by atoms with van der Waals surface area (Å²) in [6.07, 6.45) is -2.13. The quantitative estimate of drug-likeness (QED) is 0.597. The molecule has 1 atom stereocenters. The summed E-state index contributed by atoms with van der Waals surface area (Å²) in [4.78, 5) is 39.4. The lowest BCUT2D eigenvalue weighted by atomic mass is 10.1. The van der Waals surface area contributed by atoms with E-state index >= 15 is 0 Å². The summed E-state index contributed by atoms with van der Waals surface area (Å²) in [5.74, 6) is -1.38. The van der Waals surface area contributed by atoms with Crippen LogP contribution in [0.15, 0.2) is 54.7 Å². The highest BCUT2D eigenvalue weighted by Gasteiger charge is 2.35. The van der Waals surface area contributed by atoms with Gasteiger partial charge in [-0.3, -0.25) is 19.0 Å². The minimum atomic E-state index is -4.84. The number of amides is 2. The van der Waals surface area contributed by atoms with Gasteiger partial charge in [0, 0.05) is 36.8 Å². The number of alkyl halides is 3. The van der Waals surface area contributed by atoms with Gasteiger partial charge in [0.15, 0.2) is 0 Å². The Bertz CT molecular complexity index is 1250. The number of hydrogen-bond acceptors (Lipinski definition) is 4. The molecular weight excluding hydrogens is 451 g/mol. The molecule has 1 aliphatic heterocycles. The number of hydrogen-bond donors (Lipinski definition) is 1. The van der Waals surface area contributed by atoms with Crippen molar-refractivity contribution in [1.82, 2.24) is 9.47 Å². The lowest BCUT2D eigenvalue weighted by Gasteiger charge is -2.24. The van der Waals surface area contributed by atoms with Crippen LogP contribution in [0.5, 0.6) is 5.75 Å². The molecule has 4 rings (SSSR count). The lowest BCUT2D eigenvalue weighted by Crippen LogP contribution is -2.43. The first-order valence-corrected chi connectivity index (χ1v) is 10.7. The van der Waals surface area contributed by atoms with Crippen LogP contribution in [0.25, 0.3) is 10.9 Å². The van der Waals surface area contributed by atoms with Crippen LogP contribution in [0, 0.1) is 0 Å². The van der Waals surface area contributed by atoms with Crippen molar-refractivity contribution in [1.29, 1.82) is 0 Å². The van der Waals surface area contributed by atoms with Gasteiger partial charge in [0.2, 0.25) is 17.7 Å². The first-order chi connectivity index (χ1) is 16.1. The molecule has 1 fully saturated rings. The highest BCUT2D eigenvalue weighted by molar-refractivity contribution is 5.99. The number of nitrogens with zero attached hydrogens (tertiary/aromatic N) is 2. The van der Waals surface area contributed by atoms with Crippen LogP contribution in [0.4, 0.5) is 18.9 Å². The Morgan fingerprint density at radius 3 is 2.62 bits per heavy atom. The van der Waals surface area contributed by atoms with E-state index in [1.807, 2.05) is 18.2 Å². The first-order valence-electron chi connectivity index (χ1n) is 10.7. The number of carbonyl (C=O) groups is 3. The van der Waals surface area contributed by atoms with Crippen LogP contribution in [0.1, 0.15) is 30.1 Å². The summed E-state index contributed by atoms with van der Waals surface area (Å²) in [7, 11) is 0. The zero-order chi connectivity index (χ0) is 24.5. The van der Waals surface area contributed by atoms with Gasteiger partial charge in [-0.1, -0.05) is 24.3 Å². The first kappa shape index (κ1) is 23.3. The second-order valence-corrected chi connectivity index (χ2v) is 8.05. The van der Waals surface area contributed by atoms with Crippen LogP contribution in [-0.2, 0) is 16.0 Å². The standard InChI is InChI=1S/C24H22F3N3O4/c1-15(31)30-14-16(19-8-2-3-9-20(19)30)12-22(32)29-11-5-10-21(29)23(33)28-17-6-4-7-18(13-17)34-24(25,26)27/h2-4,6-9,13-14,21H,5,10-12H2,1H3,(H,28,33). The van der Waals surface area contributed by atoms with Gasteiger partial charge < -0.3 is 15.0 Å². The molecule has 2 heterocycles. The molecule has 1 saturated heterocycles. The summed E-state index contributed by atoms with van der Waals surface area (Å²) >= 11 is 0. The van der Waals surface area contributed by atoms with Crippen molar-refractivity contribution >= 4 is 34.3 Å². The van der Waals surface area contributed by atoms with Crippen molar-refractivity contribution in [3.05, 3.63) is 60.3 Å². The van der Waals surface area contributed by atoms with E-state index in [0.717, 1.165) is 17.5 Å². The predicted molar refractivity (Wildman–Crippen MR) is 118 cm³/mol. The number of ether oxygens (including phenoxy) is 1. The number of carbonyl (C=O) groups excluding carboxylic acids is 3. The molecule has 10 heteroatoms. The van der Waals surface area contributed by atoms with Crippen molar-refractivity contribution in [2.24, 2.45) is 0 Å². The molecule has 178 valence electrons. The summed E-state index contributed by atoms with van der Waals surface area (Å²) in [5, 5.41) is 3.36. The molecule has 2 amide bonds. The third-order valence-corrected chi connectivity index (χ3v) is 5.69. The van der Waals surface area contributed by atoms with Gasteiger partial charge in [-0.2, -0.15) is 0 Å². The Balaban J connectivity index is 1.48. The molecule has 0 spiro atoms. The highest BCUT2D eigenvalue weighted by atomic mass is 19.4. The molecule has 1 unspecified atom stereocenters. The van der Waals surface area contributed by atoms with Gasteiger partial charge in [0.25, 0.3) is 0 Å². The smallest absolute Gasteiger partial charge is 0.406 e. The van der Waals surface area contributed by atoms with E-state index in [2.05, 4.69) is 10.1 Å². The van der Waals surface area contributed by atoms with Gasteiger partial charge in [-0.15, -0.1) is 13.2 Å². The van der Waals surface area contributed by atoms with Crippen molar-refractivity contribution in [2.75, 3.05) is 11.9 Å². The molecular formula is C24H22F3N3O4. The van der Waals surface area contributed by atoms with E-state index in [-0.39, 0.29) is 23.9 Å². The number of fused-ring (bicyclic) bond motifs is 1. The SMILES string of the molecule is CC(=O)n1cc(CC(=O)N2CCCC2C(=O)Nc2cccc(OC(F)(F)F)c2)c2ccccc21. The molecule has 0 bridgehead atoms. The Morgan fingerprint density at radius 1 is 1.12 bits per heavy atom. The van der Waals surface area contributed by atoms with Crippen LogP contribution in [-0.4, -0.2) is 46.1 Å². The number of likely N-dealkylation sites (tertiary alicyclic amines) is 1. The molecule has 34 heavy (non-hydrogen) atoms. The van der Waals surface area contributed by atoms with E-state index in [1.165, 1.54) is 28.5 Å². The normalized spacial score (nSPS) is 16.0. The maximum Gasteiger partial charge on any atom is 0.573 e. The number of benzene rings is 2. The zero-order valence-electron chi connectivity index (χ0n) is 18.3. The molecule has 0 radical (unpaired) electrons. The number of para-hydroxylation sites is 1. The van der Waals surface area contributed by atoms with Crippen molar-refractivity contribution in [2.45, 2.75) is 38.6 Å². The minimum absolute atomic E-state index is 0.0134. The second-order valence-electron chi connectivity index (χ2n) is 8.05. The third kappa shape index (κ3) is 5.05. The van der Waals surface area contributed by atoms with Crippen LogP contribution in [0.2, 0.25) is 0 Å². The zero-order valence-corrected chi connectivity index (χ0v) is 18.3. The van der Waals surface area contributed by atoms with Gasteiger partial charge in [-0.25, -0.2) is 0 Å². The van der Waals surface area contributed by atoms with Crippen LogP contribution in [0.3, 0.4) is 0 Å². The fourth-order valence-corrected chi connectivity index (χ4v) is 4.25. The Labute approximate surface area is 193 Å². The number of anilines is 1. The molecule has 0 aliphatic carbocycles. The third-order valence-electron chi connectivity index (χ3n) is 5.69.